The third kappa shape index (κ3) is 4.09. The fourth-order valence-corrected chi connectivity index (χ4v) is 2.66. The standard InChI is InChI=1S/C12H14FNO5S/c1-8(6-11(15)19-2)20(18)7-9-4-3-5-10(12(9)13)14(16)17/h3-5,8H,6-7H2,1-2H3. The summed E-state index contributed by atoms with van der Waals surface area (Å²) >= 11 is 0. The maximum Gasteiger partial charge on any atom is 0.306 e. The predicted octanol–water partition coefficient (Wildman–Crippen LogP) is 1.93. The molecule has 0 amide bonds. The molecule has 0 saturated heterocycles. The highest BCUT2D eigenvalue weighted by Crippen LogP contribution is 2.22. The summed E-state index contributed by atoms with van der Waals surface area (Å²) in [6, 6.07) is 3.71. The number of esters is 1. The van der Waals surface area contributed by atoms with Crippen LogP contribution in [0.2, 0.25) is 0 Å². The zero-order valence-corrected chi connectivity index (χ0v) is 11.8. The minimum absolute atomic E-state index is 0.00532. The van der Waals surface area contributed by atoms with Gasteiger partial charge >= 0.3 is 11.7 Å². The molecule has 0 heterocycles. The number of nitro groups is 1. The SMILES string of the molecule is COC(=O)CC(C)S(=O)Cc1cccc([N+](=O)[O-])c1F. The van der Waals surface area contributed by atoms with Gasteiger partial charge in [-0.2, -0.15) is 4.39 Å². The van der Waals surface area contributed by atoms with Crippen molar-refractivity contribution in [2.75, 3.05) is 7.11 Å². The van der Waals surface area contributed by atoms with E-state index in [0.29, 0.717) is 0 Å². The normalized spacial score (nSPS) is 13.6. The van der Waals surface area contributed by atoms with Gasteiger partial charge in [0.1, 0.15) is 0 Å². The van der Waals surface area contributed by atoms with Gasteiger partial charge in [0.25, 0.3) is 0 Å². The quantitative estimate of drug-likeness (QED) is 0.455. The first-order valence-corrected chi connectivity index (χ1v) is 7.10. The number of halogens is 1. The summed E-state index contributed by atoms with van der Waals surface area (Å²) in [5.74, 6) is -1.69. The molecule has 0 aliphatic rings. The van der Waals surface area contributed by atoms with Crippen LogP contribution in [0, 0.1) is 15.9 Å². The van der Waals surface area contributed by atoms with Crippen LogP contribution in [0.5, 0.6) is 0 Å². The molecule has 2 unspecified atom stereocenters. The Morgan fingerprint density at radius 2 is 2.20 bits per heavy atom. The average Bonchev–Trinajstić information content (AvgIpc) is 2.40. The Hall–Kier alpha value is -1.83. The first-order valence-electron chi connectivity index (χ1n) is 5.72. The van der Waals surface area contributed by atoms with E-state index in [2.05, 4.69) is 4.74 Å². The lowest BCUT2D eigenvalue weighted by atomic mass is 10.2. The highest BCUT2D eigenvalue weighted by Gasteiger charge is 2.21. The number of hydrogen-bond acceptors (Lipinski definition) is 5. The van der Waals surface area contributed by atoms with Crippen LogP contribution < -0.4 is 0 Å². The summed E-state index contributed by atoms with van der Waals surface area (Å²) in [4.78, 5) is 20.8. The van der Waals surface area contributed by atoms with E-state index in [0.717, 1.165) is 6.07 Å². The van der Waals surface area contributed by atoms with E-state index in [1.54, 1.807) is 6.92 Å². The molecule has 20 heavy (non-hydrogen) atoms. The molecule has 0 N–H and O–H groups in total. The van der Waals surface area contributed by atoms with E-state index in [9.17, 15) is 23.5 Å². The number of nitro benzene ring substituents is 1. The number of methoxy groups -OCH3 is 1. The largest absolute Gasteiger partial charge is 0.469 e. The summed E-state index contributed by atoms with van der Waals surface area (Å²) in [7, 11) is -0.313. The van der Waals surface area contributed by atoms with Crippen LogP contribution in [0.15, 0.2) is 18.2 Å². The van der Waals surface area contributed by atoms with Crippen LogP contribution >= 0.6 is 0 Å². The Morgan fingerprint density at radius 3 is 2.75 bits per heavy atom. The summed E-state index contributed by atoms with van der Waals surface area (Å²) in [5.41, 5.74) is -0.658. The zero-order chi connectivity index (χ0) is 15.3. The van der Waals surface area contributed by atoms with E-state index >= 15 is 0 Å². The molecule has 0 saturated carbocycles. The van der Waals surface area contributed by atoms with Gasteiger partial charge in [-0.05, 0) is 0 Å². The summed E-state index contributed by atoms with van der Waals surface area (Å²) in [6.45, 7) is 1.57. The van der Waals surface area contributed by atoms with Gasteiger partial charge in [-0.15, -0.1) is 0 Å². The van der Waals surface area contributed by atoms with Gasteiger partial charge in [-0.3, -0.25) is 19.1 Å². The molecule has 6 nitrogen and oxygen atoms in total. The fraction of sp³-hybridized carbons (Fsp3) is 0.417. The van der Waals surface area contributed by atoms with Crippen molar-refractivity contribution >= 4 is 22.5 Å². The summed E-state index contributed by atoms with van der Waals surface area (Å²) in [6.07, 6.45) is -0.0559. The summed E-state index contributed by atoms with van der Waals surface area (Å²) < 4.78 is 30.2. The van der Waals surface area contributed by atoms with Gasteiger partial charge in [0.15, 0.2) is 0 Å². The van der Waals surface area contributed by atoms with Crippen molar-refractivity contribution in [3.8, 4) is 0 Å². The third-order valence-corrected chi connectivity index (χ3v) is 4.34. The van der Waals surface area contributed by atoms with Crippen molar-refractivity contribution < 1.29 is 23.1 Å². The minimum atomic E-state index is -1.53. The van der Waals surface area contributed by atoms with Crippen molar-refractivity contribution in [3.05, 3.63) is 39.7 Å². The average molecular weight is 303 g/mol. The van der Waals surface area contributed by atoms with Gasteiger partial charge in [-0.1, -0.05) is 19.1 Å². The van der Waals surface area contributed by atoms with Gasteiger partial charge in [0.05, 0.1) is 24.2 Å². The maximum atomic E-state index is 13.8. The second kappa shape index (κ2) is 7.09. The van der Waals surface area contributed by atoms with Crippen LogP contribution in [0.4, 0.5) is 10.1 Å². The molecule has 0 fully saturated rings. The second-order valence-electron chi connectivity index (χ2n) is 4.12. The smallest absolute Gasteiger partial charge is 0.306 e. The third-order valence-electron chi connectivity index (χ3n) is 2.68. The number of rotatable bonds is 6. The zero-order valence-electron chi connectivity index (χ0n) is 11.0. The molecular weight excluding hydrogens is 289 g/mol. The minimum Gasteiger partial charge on any atom is -0.469 e. The first-order chi connectivity index (χ1) is 9.36. The van der Waals surface area contributed by atoms with E-state index in [1.165, 1.54) is 19.2 Å². The van der Waals surface area contributed by atoms with Gasteiger partial charge in [0.2, 0.25) is 5.82 Å². The van der Waals surface area contributed by atoms with Crippen LogP contribution in [-0.2, 0) is 26.1 Å². The van der Waals surface area contributed by atoms with Crippen molar-refractivity contribution in [2.24, 2.45) is 0 Å². The number of hydrogen-bond donors (Lipinski definition) is 0. The molecule has 0 aromatic heterocycles. The van der Waals surface area contributed by atoms with E-state index in [-0.39, 0.29) is 17.7 Å². The highest BCUT2D eigenvalue weighted by atomic mass is 32.2. The molecule has 0 aliphatic carbocycles. The molecule has 0 aliphatic heterocycles. The Bertz CT molecular complexity index is 549. The Balaban J connectivity index is 2.83. The molecule has 8 heteroatoms. The van der Waals surface area contributed by atoms with Crippen molar-refractivity contribution in [3.63, 3.8) is 0 Å². The first kappa shape index (κ1) is 16.2. The van der Waals surface area contributed by atoms with Crippen molar-refractivity contribution in [1.82, 2.24) is 0 Å². The molecule has 1 aromatic rings. The molecule has 110 valence electrons. The monoisotopic (exact) mass is 303 g/mol. The number of carbonyl (C=O) groups is 1. The summed E-state index contributed by atoms with van der Waals surface area (Å²) in [5, 5.41) is 10.1. The van der Waals surface area contributed by atoms with Crippen LogP contribution in [-0.4, -0.2) is 27.5 Å². The Kier molecular flexibility index (Phi) is 5.75. The van der Waals surface area contributed by atoms with E-state index < -0.39 is 38.4 Å². The van der Waals surface area contributed by atoms with Crippen molar-refractivity contribution in [1.29, 1.82) is 0 Å². The molecule has 2 atom stereocenters. The number of nitrogens with zero attached hydrogens (tertiary/aromatic N) is 1. The van der Waals surface area contributed by atoms with Crippen LogP contribution in [0.1, 0.15) is 18.9 Å². The topological polar surface area (TPSA) is 86.5 Å². The molecular formula is C12H14FNO5S. The van der Waals surface area contributed by atoms with Crippen LogP contribution in [0.3, 0.4) is 0 Å². The highest BCUT2D eigenvalue weighted by molar-refractivity contribution is 7.84. The Morgan fingerprint density at radius 1 is 1.55 bits per heavy atom. The van der Waals surface area contributed by atoms with Crippen LogP contribution in [0.25, 0.3) is 0 Å². The maximum absolute atomic E-state index is 13.8. The Labute approximate surface area is 117 Å². The number of ether oxygens (including phenoxy) is 1. The number of benzene rings is 1. The number of carbonyl (C=O) groups excluding carboxylic acids is 1. The lowest BCUT2D eigenvalue weighted by molar-refractivity contribution is -0.387. The van der Waals surface area contributed by atoms with E-state index in [1.807, 2.05) is 0 Å². The molecule has 0 radical (unpaired) electrons. The molecule has 1 rings (SSSR count). The molecule has 0 bridgehead atoms. The fourth-order valence-electron chi connectivity index (χ4n) is 1.53. The lowest BCUT2D eigenvalue weighted by Gasteiger charge is -2.10. The van der Waals surface area contributed by atoms with E-state index in [4.69, 9.17) is 0 Å². The van der Waals surface area contributed by atoms with Gasteiger partial charge in [0, 0.05) is 27.7 Å². The second-order valence-corrected chi connectivity index (χ2v) is 5.98. The lowest BCUT2D eigenvalue weighted by Crippen LogP contribution is -2.18. The predicted molar refractivity (Wildman–Crippen MR) is 71.0 cm³/mol. The molecule has 1 aromatic carbocycles. The van der Waals surface area contributed by atoms with Gasteiger partial charge < -0.3 is 4.74 Å². The molecule has 0 spiro atoms. The van der Waals surface area contributed by atoms with Crippen molar-refractivity contribution in [2.45, 2.75) is 24.3 Å². The van der Waals surface area contributed by atoms with Gasteiger partial charge in [-0.25, -0.2) is 0 Å².